The normalized spacial score (nSPS) is 10.9. The van der Waals surface area contributed by atoms with E-state index in [1.54, 1.807) is 68.4 Å². The molecule has 0 radical (unpaired) electrons. The van der Waals surface area contributed by atoms with E-state index >= 15 is 0 Å². The van der Waals surface area contributed by atoms with Gasteiger partial charge in [0.25, 0.3) is 11.4 Å². The van der Waals surface area contributed by atoms with Crippen molar-refractivity contribution in [3.05, 3.63) is 86.3 Å². The van der Waals surface area contributed by atoms with Crippen LogP contribution in [-0.2, 0) is 11.3 Å². The van der Waals surface area contributed by atoms with Crippen molar-refractivity contribution in [2.45, 2.75) is 20.4 Å². The van der Waals surface area contributed by atoms with Gasteiger partial charge in [0.05, 0.1) is 0 Å². The summed E-state index contributed by atoms with van der Waals surface area (Å²) in [5.74, 6) is 0.0423. The van der Waals surface area contributed by atoms with Gasteiger partial charge in [0.15, 0.2) is 0 Å². The highest BCUT2D eigenvalue weighted by molar-refractivity contribution is 6.31. The zero-order chi connectivity index (χ0) is 22.8. The minimum Gasteiger partial charge on any atom is -0.333 e. The van der Waals surface area contributed by atoms with Crippen molar-refractivity contribution in [2.24, 2.45) is 0 Å². The van der Waals surface area contributed by atoms with Crippen molar-refractivity contribution in [3.8, 4) is 22.8 Å². The second kappa shape index (κ2) is 8.98. The van der Waals surface area contributed by atoms with Crippen LogP contribution in [-0.4, -0.2) is 20.6 Å². The summed E-state index contributed by atoms with van der Waals surface area (Å²) in [5, 5.41) is 7.84. The molecular weight excluding hydrogens is 451 g/mol. The van der Waals surface area contributed by atoms with Crippen LogP contribution >= 0.6 is 23.2 Å². The molecule has 2 aromatic carbocycles. The fraction of sp³-hybridized carbons (Fsp3) is 0.130. The zero-order valence-electron chi connectivity index (χ0n) is 17.2. The van der Waals surface area contributed by atoms with Crippen LogP contribution in [0.4, 0.5) is 5.69 Å². The lowest BCUT2D eigenvalue weighted by Gasteiger charge is -2.13. The maximum atomic E-state index is 13.3. The number of hydrogen-bond donors (Lipinski definition) is 1. The Hall–Kier alpha value is -3.42. The van der Waals surface area contributed by atoms with E-state index < -0.39 is 5.56 Å². The lowest BCUT2D eigenvalue weighted by Crippen LogP contribution is -2.30. The van der Waals surface area contributed by atoms with Gasteiger partial charge in [-0.15, -0.1) is 0 Å². The van der Waals surface area contributed by atoms with Gasteiger partial charge in [-0.05, 0) is 61.9 Å². The summed E-state index contributed by atoms with van der Waals surface area (Å²) in [6, 6.07) is 15.5. The Morgan fingerprint density at radius 1 is 1.06 bits per heavy atom. The summed E-state index contributed by atoms with van der Waals surface area (Å²) >= 11 is 11.9. The van der Waals surface area contributed by atoms with Crippen molar-refractivity contribution in [3.63, 3.8) is 0 Å². The molecule has 4 rings (SSSR count). The van der Waals surface area contributed by atoms with Crippen molar-refractivity contribution in [2.75, 3.05) is 5.32 Å². The number of carbonyl (C=O) groups is 1. The number of rotatable bonds is 5. The predicted molar refractivity (Wildman–Crippen MR) is 124 cm³/mol. The monoisotopic (exact) mass is 468 g/mol. The molecule has 162 valence electrons. The van der Waals surface area contributed by atoms with Crippen molar-refractivity contribution < 1.29 is 9.32 Å². The third kappa shape index (κ3) is 4.59. The Bertz CT molecular complexity index is 1360. The Labute approximate surface area is 193 Å². The van der Waals surface area contributed by atoms with Crippen LogP contribution < -0.4 is 10.9 Å². The molecular formula is C23H18Cl2N4O3. The van der Waals surface area contributed by atoms with Gasteiger partial charge >= 0.3 is 0 Å². The molecule has 0 saturated carbocycles. The number of benzene rings is 2. The van der Waals surface area contributed by atoms with Crippen LogP contribution in [0.25, 0.3) is 22.8 Å². The molecule has 0 aliphatic rings. The Balaban J connectivity index is 1.65. The summed E-state index contributed by atoms with van der Waals surface area (Å²) in [6.07, 6.45) is 0. The highest BCUT2D eigenvalue weighted by Crippen LogP contribution is 2.24. The molecule has 1 amide bonds. The first kappa shape index (κ1) is 21.8. The average molecular weight is 469 g/mol. The van der Waals surface area contributed by atoms with Gasteiger partial charge in [0.2, 0.25) is 11.7 Å². The van der Waals surface area contributed by atoms with Crippen LogP contribution in [0.2, 0.25) is 10.0 Å². The molecule has 0 unspecified atom stereocenters. The number of pyridine rings is 1. The number of aromatic nitrogens is 3. The number of carbonyl (C=O) groups excluding carboxylic acids is 1. The Kier molecular flexibility index (Phi) is 6.12. The molecule has 0 saturated heterocycles. The highest BCUT2D eigenvalue weighted by atomic mass is 35.5. The Morgan fingerprint density at radius 3 is 2.53 bits per heavy atom. The van der Waals surface area contributed by atoms with E-state index in [0.29, 0.717) is 38.4 Å². The smallest absolute Gasteiger partial charge is 0.264 e. The number of nitrogens with zero attached hydrogens (tertiary/aromatic N) is 3. The van der Waals surface area contributed by atoms with Gasteiger partial charge in [0, 0.05) is 27.0 Å². The van der Waals surface area contributed by atoms with E-state index in [1.807, 2.05) is 0 Å². The minimum atomic E-state index is -0.393. The fourth-order valence-corrected chi connectivity index (χ4v) is 3.65. The Morgan fingerprint density at radius 2 is 1.81 bits per heavy atom. The molecule has 4 aromatic rings. The lowest BCUT2D eigenvalue weighted by atomic mass is 10.1. The summed E-state index contributed by atoms with van der Waals surface area (Å²) in [6.45, 7) is 3.37. The van der Waals surface area contributed by atoms with Crippen LogP contribution in [0.15, 0.2) is 63.9 Å². The molecule has 2 aromatic heterocycles. The van der Waals surface area contributed by atoms with Crippen molar-refractivity contribution in [1.82, 2.24) is 14.7 Å². The lowest BCUT2D eigenvalue weighted by molar-refractivity contribution is -0.116. The first-order valence-electron chi connectivity index (χ1n) is 9.68. The highest BCUT2D eigenvalue weighted by Gasteiger charge is 2.20. The van der Waals surface area contributed by atoms with E-state index in [2.05, 4.69) is 15.5 Å². The summed E-state index contributed by atoms with van der Waals surface area (Å²) in [7, 11) is 0. The molecule has 0 fully saturated rings. The third-order valence-electron chi connectivity index (χ3n) is 4.86. The van der Waals surface area contributed by atoms with Gasteiger partial charge in [-0.2, -0.15) is 4.98 Å². The molecule has 7 nitrogen and oxygen atoms in total. The number of halogens is 2. The molecule has 0 aliphatic carbocycles. The first-order chi connectivity index (χ1) is 15.3. The molecule has 0 aliphatic heterocycles. The van der Waals surface area contributed by atoms with Crippen molar-refractivity contribution in [1.29, 1.82) is 0 Å². The van der Waals surface area contributed by atoms with Gasteiger partial charge in [-0.1, -0.05) is 40.5 Å². The average Bonchev–Trinajstić information content (AvgIpc) is 3.22. The second-order valence-corrected chi connectivity index (χ2v) is 8.10. The SMILES string of the molecule is Cc1cc(C)n(CC(=O)Nc2ccc(Cl)cc2)c(=O)c1-c1nc(-c2cccc(Cl)c2)no1. The van der Waals surface area contributed by atoms with E-state index in [-0.39, 0.29) is 23.9 Å². The van der Waals surface area contributed by atoms with Gasteiger partial charge in [-0.3, -0.25) is 9.59 Å². The third-order valence-corrected chi connectivity index (χ3v) is 5.34. The molecule has 1 N–H and O–H groups in total. The molecule has 0 spiro atoms. The van der Waals surface area contributed by atoms with Gasteiger partial charge in [0.1, 0.15) is 12.1 Å². The largest absolute Gasteiger partial charge is 0.333 e. The number of aryl methyl sites for hydroxylation is 2. The maximum absolute atomic E-state index is 13.3. The molecule has 32 heavy (non-hydrogen) atoms. The summed E-state index contributed by atoms with van der Waals surface area (Å²) in [5.41, 5.74) is 2.41. The summed E-state index contributed by atoms with van der Waals surface area (Å²) < 4.78 is 6.75. The van der Waals surface area contributed by atoms with Gasteiger partial charge < -0.3 is 14.4 Å². The molecule has 9 heteroatoms. The van der Waals surface area contributed by atoms with Gasteiger partial charge in [-0.25, -0.2) is 0 Å². The quantitative estimate of drug-likeness (QED) is 0.438. The summed E-state index contributed by atoms with van der Waals surface area (Å²) in [4.78, 5) is 30.2. The van der Waals surface area contributed by atoms with Crippen LogP contribution in [0.5, 0.6) is 0 Å². The van der Waals surface area contributed by atoms with Crippen molar-refractivity contribution >= 4 is 34.8 Å². The maximum Gasteiger partial charge on any atom is 0.264 e. The number of amides is 1. The van der Waals surface area contributed by atoms with Crippen LogP contribution in [0, 0.1) is 13.8 Å². The second-order valence-electron chi connectivity index (χ2n) is 7.22. The standard InChI is InChI=1S/C23H18Cl2N4O3/c1-13-10-14(2)29(12-19(30)26-18-8-6-16(24)7-9-18)23(31)20(13)22-27-21(28-32-22)15-4-3-5-17(25)11-15/h3-11H,12H2,1-2H3,(H,26,30). The first-order valence-corrected chi connectivity index (χ1v) is 10.4. The topological polar surface area (TPSA) is 90.0 Å². The molecule has 2 heterocycles. The van der Waals surface area contributed by atoms with E-state index in [0.717, 1.165) is 0 Å². The van der Waals surface area contributed by atoms with E-state index in [1.165, 1.54) is 4.57 Å². The molecule has 0 atom stereocenters. The number of hydrogen-bond acceptors (Lipinski definition) is 5. The molecule has 0 bridgehead atoms. The number of nitrogens with one attached hydrogen (secondary N) is 1. The van der Waals surface area contributed by atoms with E-state index in [4.69, 9.17) is 27.7 Å². The van der Waals surface area contributed by atoms with E-state index in [9.17, 15) is 9.59 Å². The fourth-order valence-electron chi connectivity index (χ4n) is 3.33. The van der Waals surface area contributed by atoms with Crippen LogP contribution in [0.3, 0.4) is 0 Å². The zero-order valence-corrected chi connectivity index (χ0v) is 18.7. The minimum absolute atomic E-state index is 0.0781. The predicted octanol–water partition coefficient (Wildman–Crippen LogP) is 5.13. The number of anilines is 1. The van der Waals surface area contributed by atoms with Crippen LogP contribution in [0.1, 0.15) is 11.3 Å².